The SMILES string of the molecule is CC1CC=C(c2ccccc2)C=C1N(c1ccc(-c2cc3ccccc3c3ccccc23)cc1)c1ccccc1-c1ccccc1. The van der Waals surface area contributed by atoms with Crippen molar-refractivity contribution in [3.63, 3.8) is 0 Å². The van der Waals surface area contributed by atoms with Gasteiger partial charge in [0.2, 0.25) is 0 Å². The van der Waals surface area contributed by atoms with Gasteiger partial charge in [0.05, 0.1) is 5.69 Å². The van der Waals surface area contributed by atoms with Crippen LogP contribution in [0.15, 0.2) is 182 Å². The summed E-state index contributed by atoms with van der Waals surface area (Å²) in [5, 5.41) is 5.13. The van der Waals surface area contributed by atoms with Crippen LogP contribution >= 0.6 is 0 Å². The summed E-state index contributed by atoms with van der Waals surface area (Å²) in [6.45, 7) is 2.35. The topological polar surface area (TPSA) is 3.24 Å². The van der Waals surface area contributed by atoms with Crippen LogP contribution in [0.25, 0.3) is 49.4 Å². The van der Waals surface area contributed by atoms with E-state index in [4.69, 9.17) is 0 Å². The summed E-state index contributed by atoms with van der Waals surface area (Å²) in [5.41, 5.74) is 11.1. The Bertz CT molecular complexity index is 2220. The molecule has 46 heavy (non-hydrogen) atoms. The first-order valence-electron chi connectivity index (χ1n) is 16.2. The van der Waals surface area contributed by atoms with Crippen molar-refractivity contribution >= 4 is 38.5 Å². The molecule has 0 spiro atoms. The first kappa shape index (κ1) is 27.9. The van der Waals surface area contributed by atoms with E-state index in [1.165, 1.54) is 66.3 Å². The van der Waals surface area contributed by atoms with Gasteiger partial charge in [-0.3, -0.25) is 0 Å². The Hall–Kier alpha value is -5.66. The van der Waals surface area contributed by atoms with E-state index >= 15 is 0 Å². The average Bonchev–Trinajstić information content (AvgIpc) is 3.13. The Balaban J connectivity index is 1.29. The van der Waals surface area contributed by atoms with Gasteiger partial charge in [-0.1, -0.05) is 153 Å². The third-order valence-electron chi connectivity index (χ3n) is 9.30. The zero-order valence-corrected chi connectivity index (χ0v) is 26.0. The normalized spacial score (nSPS) is 14.6. The predicted molar refractivity (Wildman–Crippen MR) is 197 cm³/mol. The monoisotopic (exact) mass is 589 g/mol. The molecule has 7 aromatic rings. The van der Waals surface area contributed by atoms with Gasteiger partial charge >= 0.3 is 0 Å². The molecule has 1 heteroatoms. The zero-order chi connectivity index (χ0) is 30.9. The predicted octanol–water partition coefficient (Wildman–Crippen LogP) is 12.5. The molecule has 8 rings (SSSR count). The standard InChI is InChI=1S/C45H35N/c1-32-24-25-36(33-14-4-2-5-15-33)31-45(32)46(44-23-13-12-20-40(44)34-16-6-3-7-17-34)38-28-26-35(27-29-38)43-30-37-18-8-9-19-39(37)41-21-10-11-22-42(41)43/h2-23,25-32H,24H2,1H3. The molecule has 0 aliphatic heterocycles. The number of benzene rings is 7. The molecule has 0 heterocycles. The number of para-hydroxylation sites is 1. The van der Waals surface area contributed by atoms with Crippen LogP contribution in [0.5, 0.6) is 0 Å². The minimum atomic E-state index is 0.348. The second-order valence-electron chi connectivity index (χ2n) is 12.2. The van der Waals surface area contributed by atoms with E-state index in [2.05, 4.69) is 188 Å². The van der Waals surface area contributed by atoms with Gasteiger partial charge in [-0.15, -0.1) is 0 Å². The number of rotatable bonds is 6. The van der Waals surface area contributed by atoms with Crippen LogP contribution in [0.1, 0.15) is 18.9 Å². The van der Waals surface area contributed by atoms with Gasteiger partial charge in [-0.2, -0.15) is 0 Å². The summed E-state index contributed by atoms with van der Waals surface area (Å²) in [6, 6.07) is 59.3. The molecule has 0 saturated carbocycles. The lowest BCUT2D eigenvalue weighted by Crippen LogP contribution is -2.23. The molecule has 7 aromatic carbocycles. The Morgan fingerprint density at radius 2 is 1.09 bits per heavy atom. The van der Waals surface area contributed by atoms with Gasteiger partial charge in [0, 0.05) is 22.9 Å². The molecule has 0 saturated heterocycles. The van der Waals surface area contributed by atoms with Crippen molar-refractivity contribution in [3.05, 3.63) is 187 Å². The van der Waals surface area contributed by atoms with Crippen molar-refractivity contribution in [1.29, 1.82) is 0 Å². The summed E-state index contributed by atoms with van der Waals surface area (Å²) in [7, 11) is 0. The Morgan fingerprint density at radius 1 is 0.500 bits per heavy atom. The van der Waals surface area contributed by atoms with Gasteiger partial charge in [0.1, 0.15) is 0 Å². The van der Waals surface area contributed by atoms with Crippen molar-refractivity contribution in [2.45, 2.75) is 13.3 Å². The van der Waals surface area contributed by atoms with Gasteiger partial charge in [0.25, 0.3) is 0 Å². The van der Waals surface area contributed by atoms with Gasteiger partial charge in [-0.05, 0) is 86.1 Å². The van der Waals surface area contributed by atoms with Crippen LogP contribution in [0.3, 0.4) is 0 Å². The van der Waals surface area contributed by atoms with Crippen LogP contribution < -0.4 is 4.90 Å². The molecule has 1 aliphatic rings. The van der Waals surface area contributed by atoms with E-state index in [1.807, 2.05) is 0 Å². The minimum Gasteiger partial charge on any atom is -0.313 e. The van der Waals surface area contributed by atoms with E-state index in [9.17, 15) is 0 Å². The van der Waals surface area contributed by atoms with E-state index < -0.39 is 0 Å². The maximum atomic E-state index is 2.49. The number of allylic oxidation sites excluding steroid dienone is 4. The molecule has 0 aromatic heterocycles. The highest BCUT2D eigenvalue weighted by molar-refractivity contribution is 6.13. The lowest BCUT2D eigenvalue weighted by molar-refractivity contribution is 0.672. The molecule has 0 amide bonds. The van der Waals surface area contributed by atoms with Crippen LogP contribution in [-0.4, -0.2) is 0 Å². The van der Waals surface area contributed by atoms with Crippen LogP contribution in [0, 0.1) is 5.92 Å². The highest BCUT2D eigenvalue weighted by Gasteiger charge is 2.25. The molecule has 0 bridgehead atoms. The zero-order valence-electron chi connectivity index (χ0n) is 26.0. The van der Waals surface area contributed by atoms with Crippen molar-refractivity contribution in [3.8, 4) is 22.3 Å². The molecular formula is C45H35N. The first-order chi connectivity index (χ1) is 22.7. The van der Waals surface area contributed by atoms with E-state index in [-0.39, 0.29) is 0 Å². The number of nitrogens with zero attached hydrogens (tertiary/aromatic N) is 1. The van der Waals surface area contributed by atoms with Crippen LogP contribution in [0.4, 0.5) is 11.4 Å². The summed E-state index contributed by atoms with van der Waals surface area (Å²) < 4.78 is 0. The third kappa shape index (κ3) is 5.10. The third-order valence-corrected chi connectivity index (χ3v) is 9.30. The lowest BCUT2D eigenvalue weighted by Gasteiger charge is -2.35. The van der Waals surface area contributed by atoms with Crippen molar-refractivity contribution in [2.75, 3.05) is 4.90 Å². The number of hydrogen-bond acceptors (Lipinski definition) is 1. The lowest BCUT2D eigenvalue weighted by atomic mass is 9.89. The number of hydrogen-bond donors (Lipinski definition) is 0. The molecule has 0 radical (unpaired) electrons. The fraction of sp³-hybridized carbons (Fsp3) is 0.0667. The Kier molecular flexibility index (Phi) is 7.28. The van der Waals surface area contributed by atoms with Gasteiger partial charge in [0.15, 0.2) is 0 Å². The molecule has 1 nitrogen and oxygen atoms in total. The van der Waals surface area contributed by atoms with Crippen LogP contribution in [-0.2, 0) is 0 Å². The van der Waals surface area contributed by atoms with Crippen molar-refractivity contribution in [1.82, 2.24) is 0 Å². The van der Waals surface area contributed by atoms with E-state index in [1.54, 1.807) is 0 Å². The Labute approximate surface area is 271 Å². The van der Waals surface area contributed by atoms with E-state index in [0.717, 1.165) is 12.1 Å². The van der Waals surface area contributed by atoms with Crippen LogP contribution in [0.2, 0.25) is 0 Å². The largest absolute Gasteiger partial charge is 0.313 e. The summed E-state index contributed by atoms with van der Waals surface area (Å²) >= 11 is 0. The second-order valence-corrected chi connectivity index (χ2v) is 12.2. The fourth-order valence-corrected chi connectivity index (χ4v) is 6.94. The van der Waals surface area contributed by atoms with Gasteiger partial charge < -0.3 is 4.90 Å². The molecule has 1 aliphatic carbocycles. The van der Waals surface area contributed by atoms with Gasteiger partial charge in [-0.25, -0.2) is 0 Å². The minimum absolute atomic E-state index is 0.348. The second kappa shape index (κ2) is 12.0. The maximum Gasteiger partial charge on any atom is 0.0536 e. The number of anilines is 2. The maximum absolute atomic E-state index is 2.49. The molecule has 1 atom stereocenters. The van der Waals surface area contributed by atoms with Crippen molar-refractivity contribution < 1.29 is 0 Å². The smallest absolute Gasteiger partial charge is 0.0536 e. The molecular weight excluding hydrogens is 555 g/mol. The highest BCUT2D eigenvalue weighted by atomic mass is 15.2. The van der Waals surface area contributed by atoms with Crippen molar-refractivity contribution in [2.24, 2.45) is 5.92 Å². The Morgan fingerprint density at radius 3 is 1.85 bits per heavy atom. The fourth-order valence-electron chi connectivity index (χ4n) is 6.94. The first-order valence-corrected chi connectivity index (χ1v) is 16.2. The summed E-state index contributed by atoms with van der Waals surface area (Å²) in [6.07, 6.45) is 5.77. The molecule has 0 fully saturated rings. The summed E-state index contributed by atoms with van der Waals surface area (Å²) in [5.74, 6) is 0.348. The molecule has 220 valence electrons. The number of fused-ring (bicyclic) bond motifs is 3. The highest BCUT2D eigenvalue weighted by Crippen LogP contribution is 2.44. The van der Waals surface area contributed by atoms with E-state index in [0.29, 0.717) is 5.92 Å². The molecule has 0 N–H and O–H groups in total. The average molecular weight is 590 g/mol. The summed E-state index contributed by atoms with van der Waals surface area (Å²) in [4.78, 5) is 2.49. The molecule has 1 unspecified atom stereocenters. The quantitative estimate of drug-likeness (QED) is 0.174.